The highest BCUT2D eigenvalue weighted by molar-refractivity contribution is 6.04. The van der Waals surface area contributed by atoms with Gasteiger partial charge in [0.2, 0.25) is 0 Å². The second kappa shape index (κ2) is 8.94. The fourth-order valence-corrected chi connectivity index (χ4v) is 9.11. The highest BCUT2D eigenvalue weighted by Crippen LogP contribution is 2.57. The van der Waals surface area contributed by atoms with Gasteiger partial charge in [-0.05, 0) is 125 Å². The number of carbonyl (C=O) groups excluding carboxylic acids is 1. The molecule has 7 fully saturated rings. The van der Waals surface area contributed by atoms with Crippen LogP contribution in [-0.2, 0) is 16.8 Å². The van der Waals surface area contributed by atoms with Gasteiger partial charge in [-0.2, -0.15) is 0 Å². The number of rotatable bonds is 7. The molecule has 2 aromatic rings. The van der Waals surface area contributed by atoms with E-state index < -0.39 is 5.97 Å². The number of aromatic carboxylic acids is 1. The molecule has 9 rings (SSSR count). The van der Waals surface area contributed by atoms with Crippen LogP contribution in [0, 0.1) is 30.6 Å². The number of carboxylic acid groups (broad SMARTS) is 1. The Morgan fingerprint density at radius 2 is 1.66 bits per heavy atom. The highest BCUT2D eigenvalue weighted by atomic mass is 16.5. The SMILES string of the molecule is Cc1ccc(NC(=O)c2nc(C34CCC(CC3)CC4)[nH]c2COC23CC4CC(CC(C4)C2)C3)cc1C(=O)O. The van der Waals surface area contributed by atoms with Crippen LogP contribution in [0.15, 0.2) is 18.2 Å². The molecule has 7 aliphatic rings. The Hall–Kier alpha value is -2.67. The lowest BCUT2D eigenvalue weighted by Crippen LogP contribution is -2.51. The van der Waals surface area contributed by atoms with E-state index in [0.29, 0.717) is 23.6 Å². The van der Waals surface area contributed by atoms with E-state index in [0.717, 1.165) is 73.7 Å². The van der Waals surface area contributed by atoms with Crippen molar-refractivity contribution in [3.05, 3.63) is 46.5 Å². The summed E-state index contributed by atoms with van der Waals surface area (Å²) in [6.45, 7) is 2.13. The van der Waals surface area contributed by atoms with Gasteiger partial charge in [0.05, 0.1) is 23.5 Å². The standard InChI is InChI=1S/C31H39N3O4/c1-18-2-3-23(13-24(18)28(36)37)32-27(35)26-25(33-29(34-26)30-7-4-19(5-8-30)6-9-30)17-38-31-14-20-10-21(15-31)12-22(11-20)16-31/h2-3,13,19-22H,4-12,14-17H2,1H3,(H,32,35)(H,33,34)(H,36,37). The van der Waals surface area contributed by atoms with Crippen LogP contribution >= 0.6 is 0 Å². The first-order chi connectivity index (χ1) is 18.3. The second-order valence-electron chi connectivity index (χ2n) is 13.4. The lowest BCUT2D eigenvalue weighted by atomic mass is 9.54. The molecule has 1 aromatic heterocycles. The van der Waals surface area contributed by atoms with Crippen LogP contribution in [0.2, 0.25) is 0 Å². The predicted octanol–water partition coefficient (Wildman–Crippen LogP) is 6.38. The zero-order valence-corrected chi connectivity index (χ0v) is 22.4. The van der Waals surface area contributed by atoms with Crippen molar-refractivity contribution < 1.29 is 19.4 Å². The van der Waals surface area contributed by atoms with Gasteiger partial charge in [-0.15, -0.1) is 0 Å². The number of ether oxygens (including phenoxy) is 1. The van der Waals surface area contributed by atoms with E-state index in [9.17, 15) is 14.7 Å². The van der Waals surface area contributed by atoms with Crippen molar-refractivity contribution in [1.82, 2.24) is 9.97 Å². The summed E-state index contributed by atoms with van der Waals surface area (Å²) in [5, 5.41) is 12.5. The summed E-state index contributed by atoms with van der Waals surface area (Å²) in [6, 6.07) is 5.00. The van der Waals surface area contributed by atoms with Crippen molar-refractivity contribution in [2.75, 3.05) is 5.32 Å². The van der Waals surface area contributed by atoms with Crippen LogP contribution in [0.4, 0.5) is 5.69 Å². The molecule has 202 valence electrons. The number of hydrogen-bond donors (Lipinski definition) is 3. The quantitative estimate of drug-likeness (QED) is 0.396. The topological polar surface area (TPSA) is 104 Å². The van der Waals surface area contributed by atoms with Crippen molar-refractivity contribution >= 4 is 17.6 Å². The maximum atomic E-state index is 13.6. The smallest absolute Gasteiger partial charge is 0.336 e. The number of aromatic amines is 1. The number of aryl methyl sites for hydroxylation is 1. The number of aromatic nitrogens is 2. The molecule has 0 unspecified atom stereocenters. The first-order valence-electron chi connectivity index (χ1n) is 14.7. The molecule has 7 heteroatoms. The Balaban J connectivity index is 1.17. The third kappa shape index (κ3) is 4.18. The first-order valence-corrected chi connectivity index (χ1v) is 14.7. The van der Waals surface area contributed by atoms with Gasteiger partial charge in [0.25, 0.3) is 5.91 Å². The van der Waals surface area contributed by atoms with Crippen LogP contribution in [0.3, 0.4) is 0 Å². The molecule has 1 heterocycles. The minimum Gasteiger partial charge on any atom is -0.478 e. The van der Waals surface area contributed by atoms with Crippen LogP contribution in [0.1, 0.15) is 115 Å². The molecule has 0 saturated heterocycles. The zero-order chi connectivity index (χ0) is 26.1. The van der Waals surface area contributed by atoms with Gasteiger partial charge < -0.3 is 20.1 Å². The van der Waals surface area contributed by atoms with Crippen molar-refractivity contribution in [1.29, 1.82) is 0 Å². The van der Waals surface area contributed by atoms with Crippen molar-refractivity contribution in [3.8, 4) is 0 Å². The summed E-state index contributed by atoms with van der Waals surface area (Å²) in [6.07, 6.45) is 14.6. The third-order valence-electron chi connectivity index (χ3n) is 10.8. The van der Waals surface area contributed by atoms with E-state index in [1.807, 2.05) is 0 Å². The predicted molar refractivity (Wildman–Crippen MR) is 143 cm³/mol. The number of nitrogens with zero attached hydrogens (tertiary/aromatic N) is 1. The maximum Gasteiger partial charge on any atom is 0.336 e. The molecule has 7 aliphatic carbocycles. The van der Waals surface area contributed by atoms with Crippen molar-refractivity contribution in [2.24, 2.45) is 23.7 Å². The molecular formula is C31H39N3O4. The number of imidazole rings is 1. The summed E-state index contributed by atoms with van der Waals surface area (Å²) in [5.74, 6) is 2.86. The van der Waals surface area contributed by atoms with E-state index in [2.05, 4.69) is 10.3 Å². The minimum atomic E-state index is -1.00. The number of H-pyrrole nitrogens is 1. The number of hydrogen-bond acceptors (Lipinski definition) is 4. The number of anilines is 1. The number of amides is 1. The van der Waals surface area contributed by atoms with Crippen LogP contribution in [-0.4, -0.2) is 32.6 Å². The molecule has 38 heavy (non-hydrogen) atoms. The van der Waals surface area contributed by atoms with E-state index in [-0.39, 0.29) is 22.5 Å². The lowest BCUT2D eigenvalue weighted by Gasteiger charge is -2.56. The van der Waals surface area contributed by atoms with E-state index in [4.69, 9.17) is 9.72 Å². The van der Waals surface area contributed by atoms with E-state index in [1.54, 1.807) is 19.1 Å². The monoisotopic (exact) mass is 517 g/mol. The van der Waals surface area contributed by atoms with Crippen molar-refractivity contribution in [3.63, 3.8) is 0 Å². The molecule has 1 amide bonds. The fourth-order valence-electron chi connectivity index (χ4n) is 9.11. The molecule has 0 spiro atoms. The highest BCUT2D eigenvalue weighted by Gasteiger charge is 2.52. The van der Waals surface area contributed by atoms with Gasteiger partial charge in [0.15, 0.2) is 5.69 Å². The second-order valence-corrected chi connectivity index (χ2v) is 13.4. The Morgan fingerprint density at radius 3 is 2.26 bits per heavy atom. The van der Waals surface area contributed by atoms with Gasteiger partial charge in [-0.1, -0.05) is 6.07 Å². The summed E-state index contributed by atoms with van der Waals surface area (Å²) < 4.78 is 6.78. The average molecular weight is 518 g/mol. The number of carbonyl (C=O) groups is 2. The summed E-state index contributed by atoms with van der Waals surface area (Å²) in [7, 11) is 0. The summed E-state index contributed by atoms with van der Waals surface area (Å²) in [5.41, 5.74) is 2.45. The lowest BCUT2D eigenvalue weighted by molar-refractivity contribution is -0.169. The number of fused-ring (bicyclic) bond motifs is 3. The molecule has 7 saturated carbocycles. The Bertz CT molecular complexity index is 1220. The van der Waals surface area contributed by atoms with E-state index >= 15 is 0 Å². The molecule has 0 atom stereocenters. The molecule has 6 bridgehead atoms. The molecular weight excluding hydrogens is 478 g/mol. The van der Waals surface area contributed by atoms with Crippen LogP contribution in [0.5, 0.6) is 0 Å². The normalized spacial score (nSPS) is 35.0. The third-order valence-corrected chi connectivity index (χ3v) is 10.8. The average Bonchev–Trinajstić information content (AvgIpc) is 3.34. The van der Waals surface area contributed by atoms with E-state index in [1.165, 1.54) is 44.6 Å². The van der Waals surface area contributed by atoms with Crippen LogP contribution < -0.4 is 5.32 Å². The van der Waals surface area contributed by atoms with Crippen molar-refractivity contribution in [2.45, 2.75) is 102 Å². The van der Waals surface area contributed by atoms with Crippen LogP contribution in [0.25, 0.3) is 0 Å². The molecule has 3 N–H and O–H groups in total. The van der Waals surface area contributed by atoms with Gasteiger partial charge in [-0.3, -0.25) is 4.79 Å². The Labute approximate surface area is 224 Å². The zero-order valence-electron chi connectivity index (χ0n) is 22.4. The van der Waals surface area contributed by atoms with Gasteiger partial charge in [-0.25, -0.2) is 9.78 Å². The first kappa shape index (κ1) is 24.4. The molecule has 0 aliphatic heterocycles. The summed E-state index contributed by atoms with van der Waals surface area (Å²) in [4.78, 5) is 33.9. The molecule has 0 radical (unpaired) electrons. The number of benzene rings is 1. The Morgan fingerprint density at radius 1 is 1.03 bits per heavy atom. The maximum absolute atomic E-state index is 13.6. The molecule has 7 nitrogen and oxygen atoms in total. The fraction of sp³-hybridized carbons (Fsp3) is 0.645. The largest absolute Gasteiger partial charge is 0.478 e. The van der Waals surface area contributed by atoms with Gasteiger partial charge >= 0.3 is 5.97 Å². The summed E-state index contributed by atoms with van der Waals surface area (Å²) >= 11 is 0. The molecule has 1 aromatic carbocycles. The number of carboxylic acids is 1. The Kier molecular flexibility index (Phi) is 5.73. The number of nitrogens with one attached hydrogen (secondary N) is 2. The van der Waals surface area contributed by atoms with Gasteiger partial charge in [0, 0.05) is 11.1 Å². The minimum absolute atomic E-state index is 0.0308. The van der Waals surface area contributed by atoms with Gasteiger partial charge in [0.1, 0.15) is 5.82 Å².